The molecule has 3 aliphatic heterocycles. The number of carbonyl (C=O) groups is 4. The van der Waals surface area contributed by atoms with E-state index in [-0.39, 0.29) is 38.6 Å². The van der Waals surface area contributed by atoms with E-state index in [1.807, 2.05) is 50.4 Å². The minimum absolute atomic E-state index is 0.0250. The van der Waals surface area contributed by atoms with E-state index in [0.717, 1.165) is 39.0 Å². The molecule has 1 aromatic carbocycles. The van der Waals surface area contributed by atoms with Crippen LogP contribution < -0.4 is 10.7 Å². The highest BCUT2D eigenvalue weighted by Gasteiger charge is 2.37. The van der Waals surface area contributed by atoms with Crippen molar-refractivity contribution >= 4 is 45.9 Å². The number of halogens is 1. The van der Waals surface area contributed by atoms with E-state index in [2.05, 4.69) is 66.1 Å². The van der Waals surface area contributed by atoms with Gasteiger partial charge in [0.25, 0.3) is 17.7 Å². The minimum Gasteiger partial charge on any atom is -0.464 e. The van der Waals surface area contributed by atoms with Crippen molar-refractivity contribution in [3.63, 3.8) is 0 Å². The Bertz CT molecular complexity index is 2450. The number of methoxy groups -OCH3 is 1. The number of ether oxygens (including phenoxy) is 3. The number of carbonyl (C=O) groups excluding carboxylic acids is 4. The molecule has 3 amide bonds. The van der Waals surface area contributed by atoms with Crippen LogP contribution in [0.2, 0.25) is 0 Å². The molecule has 0 radical (unpaired) electrons. The Balaban J connectivity index is 1.15. The van der Waals surface area contributed by atoms with Crippen LogP contribution in [0, 0.1) is 17.3 Å². The number of fused-ring (bicyclic) bond motifs is 6. The largest absolute Gasteiger partial charge is 0.464 e. The zero-order chi connectivity index (χ0) is 45.9. The maximum absolute atomic E-state index is 15.6. The molecule has 342 valence electrons. The third-order valence-corrected chi connectivity index (χ3v) is 13.1. The zero-order valence-corrected chi connectivity index (χ0v) is 38.8. The number of aromatic nitrogens is 3. The fraction of sp³-hybridized carbons (Fsp3) is 0.532. The number of alkyl halides is 1. The van der Waals surface area contributed by atoms with Crippen LogP contribution in [0.1, 0.15) is 63.7 Å². The lowest BCUT2D eigenvalue weighted by molar-refractivity contribution is -0.155. The molecule has 15 nitrogen and oxygen atoms in total. The number of amides is 3. The molecule has 64 heavy (non-hydrogen) atoms. The topological polar surface area (TPSA) is 160 Å². The van der Waals surface area contributed by atoms with Crippen molar-refractivity contribution in [2.24, 2.45) is 5.41 Å². The van der Waals surface area contributed by atoms with Gasteiger partial charge in [-0.2, -0.15) is 0 Å². The van der Waals surface area contributed by atoms with Crippen LogP contribution in [0.4, 0.5) is 4.39 Å². The van der Waals surface area contributed by atoms with Gasteiger partial charge in [-0.1, -0.05) is 25.8 Å². The molecule has 3 aliphatic rings. The molecule has 17 heteroatoms. The van der Waals surface area contributed by atoms with E-state index in [1.54, 1.807) is 13.3 Å². The molecule has 2 fully saturated rings. The maximum atomic E-state index is 15.6. The summed E-state index contributed by atoms with van der Waals surface area (Å²) in [4.78, 5) is 67.0. The van der Waals surface area contributed by atoms with Crippen molar-refractivity contribution in [3.8, 4) is 34.4 Å². The van der Waals surface area contributed by atoms with Gasteiger partial charge in [-0.15, -0.1) is 11.3 Å². The van der Waals surface area contributed by atoms with Gasteiger partial charge in [0.15, 0.2) is 0 Å². The van der Waals surface area contributed by atoms with Crippen molar-refractivity contribution in [1.29, 1.82) is 0 Å². The lowest BCUT2D eigenvalue weighted by Crippen LogP contribution is -2.61. The van der Waals surface area contributed by atoms with Gasteiger partial charge < -0.3 is 29.0 Å². The summed E-state index contributed by atoms with van der Waals surface area (Å²) in [5.74, 6) is 3.24. The molecule has 2 saturated heterocycles. The number of hydrazine groups is 1. The first kappa shape index (κ1) is 46.7. The van der Waals surface area contributed by atoms with Crippen LogP contribution in [0.15, 0.2) is 41.9 Å². The summed E-state index contributed by atoms with van der Waals surface area (Å²) in [5.41, 5.74) is 8.50. The number of esters is 1. The molecular weight excluding hydrogens is 840 g/mol. The summed E-state index contributed by atoms with van der Waals surface area (Å²) < 4.78 is 35.1. The number of hydrogen-bond donors (Lipinski definition) is 2. The van der Waals surface area contributed by atoms with Crippen LogP contribution in [-0.4, -0.2) is 137 Å². The summed E-state index contributed by atoms with van der Waals surface area (Å²) in [6.07, 6.45) is 0.683. The number of aryl methyl sites for hydroxylation is 1. The summed E-state index contributed by atoms with van der Waals surface area (Å²) in [6, 6.07) is 8.20. The Labute approximate surface area is 378 Å². The van der Waals surface area contributed by atoms with Crippen LogP contribution in [0.5, 0.6) is 0 Å². The highest BCUT2D eigenvalue weighted by Crippen LogP contribution is 2.41. The van der Waals surface area contributed by atoms with Crippen LogP contribution in [-0.2, 0) is 59.4 Å². The number of benzene rings is 1. The lowest BCUT2D eigenvalue weighted by Gasteiger charge is -2.38. The van der Waals surface area contributed by atoms with Crippen molar-refractivity contribution < 1.29 is 37.8 Å². The Morgan fingerprint density at radius 1 is 1.20 bits per heavy atom. The van der Waals surface area contributed by atoms with Gasteiger partial charge >= 0.3 is 5.97 Å². The molecule has 6 heterocycles. The number of hydrogen-bond acceptors (Lipinski definition) is 12. The van der Waals surface area contributed by atoms with E-state index in [1.165, 1.54) is 21.2 Å². The number of pyridine rings is 1. The molecule has 0 spiro atoms. The molecule has 0 unspecified atom stereocenters. The average Bonchev–Trinajstić information content (AvgIpc) is 3.85. The minimum atomic E-state index is -2.10. The molecule has 0 aliphatic carbocycles. The molecule has 2 N–H and O–H groups in total. The maximum Gasteiger partial charge on any atom is 0.324 e. The van der Waals surface area contributed by atoms with E-state index in [9.17, 15) is 19.2 Å². The monoisotopic (exact) mass is 898 g/mol. The number of likely N-dealkylation sites (tertiary alicyclic amines) is 1. The van der Waals surface area contributed by atoms with E-state index >= 15 is 4.39 Å². The standard InChI is InChI=1S/C47H59FN8O7S/c1-9-55-39-15-14-29-20-32(39)33(42(55)31-12-10-18-49-37(31)26-61-8)22-46(2,3)28-63-45(60)35-13-11-19-56(52-35)44(59)36(21-40-50-38(29)27-64-40)51-43(58)34(48)25-62-30-23-54(24-30)41(57)16-17-47(4,5)53(6)7/h10,12,14-15,18,20,27,30,34-36,52H,9,11,13,19,21-26,28H2,1-8H3,(H,51,58)/t34-,35+,36+/m1/s1. The molecule has 6 bridgehead atoms. The Morgan fingerprint density at radius 3 is 2.72 bits per heavy atom. The number of rotatable bonds is 10. The van der Waals surface area contributed by atoms with E-state index in [4.69, 9.17) is 24.2 Å². The first-order valence-electron chi connectivity index (χ1n) is 21.8. The number of thiazole rings is 1. The fourth-order valence-corrected chi connectivity index (χ4v) is 8.93. The Kier molecular flexibility index (Phi) is 14.2. The predicted octanol–water partition coefficient (Wildman–Crippen LogP) is 4.55. The summed E-state index contributed by atoms with van der Waals surface area (Å²) >= 11 is 1.34. The second kappa shape index (κ2) is 19.5. The number of nitrogens with one attached hydrogen (secondary N) is 2. The Morgan fingerprint density at radius 2 is 1.98 bits per heavy atom. The number of nitrogens with zero attached hydrogens (tertiary/aromatic N) is 6. The first-order chi connectivity index (χ1) is 30.5. The first-order valence-corrected chi connectivity index (χ1v) is 22.7. The molecular formula is C47H59FN8O7S. The number of cyclic esters (lactones) is 1. The summed E-state index contributed by atoms with van der Waals surface area (Å²) in [7, 11) is 5.41. The molecule has 3 aromatic heterocycles. The van der Waals surface area contributed by atoms with Gasteiger partial charge in [-0.25, -0.2) is 14.8 Å². The summed E-state index contributed by atoms with van der Waals surface area (Å²) in [6.45, 7) is 11.3. The smallest absolute Gasteiger partial charge is 0.324 e. The van der Waals surface area contributed by atoms with Gasteiger partial charge in [-0.3, -0.25) is 34.1 Å². The second-order valence-electron chi connectivity index (χ2n) is 18.2. The third-order valence-electron chi connectivity index (χ3n) is 12.2. The fourth-order valence-electron chi connectivity index (χ4n) is 8.08. The highest BCUT2D eigenvalue weighted by molar-refractivity contribution is 7.10. The van der Waals surface area contributed by atoms with Crippen LogP contribution >= 0.6 is 11.3 Å². The van der Waals surface area contributed by atoms with Crippen molar-refractivity contribution in [2.45, 2.75) is 103 Å². The van der Waals surface area contributed by atoms with Gasteiger partial charge in [0.05, 0.1) is 53.6 Å². The summed E-state index contributed by atoms with van der Waals surface area (Å²) in [5, 5.41) is 7.44. The third kappa shape index (κ3) is 10.3. The lowest BCUT2D eigenvalue weighted by atomic mass is 9.84. The van der Waals surface area contributed by atoms with Gasteiger partial charge in [0.2, 0.25) is 6.17 Å². The van der Waals surface area contributed by atoms with Crippen molar-refractivity contribution in [1.82, 2.24) is 40.1 Å². The highest BCUT2D eigenvalue weighted by atomic mass is 32.1. The van der Waals surface area contributed by atoms with Crippen molar-refractivity contribution in [2.75, 3.05) is 54.1 Å². The van der Waals surface area contributed by atoms with E-state index in [0.29, 0.717) is 43.1 Å². The Hall–Kier alpha value is -5.25. The van der Waals surface area contributed by atoms with Gasteiger partial charge in [0.1, 0.15) is 12.1 Å². The predicted molar refractivity (Wildman–Crippen MR) is 241 cm³/mol. The normalized spacial score (nSPS) is 20.0. The quantitative estimate of drug-likeness (QED) is 0.170. The van der Waals surface area contributed by atoms with Crippen molar-refractivity contribution in [3.05, 3.63) is 58.2 Å². The zero-order valence-electron chi connectivity index (χ0n) is 38.0. The SMILES string of the molecule is CCn1c(-c2cccnc2COC)c2c3cc(ccc31)-c1csc(n1)C[C@H](NC(=O)[C@H](F)COC1CN(C(=O)C#CC(C)(C)N(C)C)C1)C(=O)N1CCC[C@H](N1)C(=O)OCC(C)(C)C2. The second-order valence-corrected chi connectivity index (χ2v) is 19.2. The molecule has 7 rings (SSSR count). The van der Waals surface area contributed by atoms with Crippen LogP contribution in [0.3, 0.4) is 0 Å². The molecule has 4 aromatic rings. The molecule has 0 saturated carbocycles. The average molecular weight is 899 g/mol. The van der Waals surface area contributed by atoms with Crippen LogP contribution in [0.25, 0.3) is 33.4 Å². The molecule has 3 atom stereocenters. The van der Waals surface area contributed by atoms with Gasteiger partial charge in [0, 0.05) is 78.7 Å². The van der Waals surface area contributed by atoms with Gasteiger partial charge in [-0.05, 0) is 89.9 Å². The van der Waals surface area contributed by atoms with E-state index < -0.39 is 59.7 Å².